The summed E-state index contributed by atoms with van der Waals surface area (Å²) in [6.45, 7) is 2.18. The third-order valence-corrected chi connectivity index (χ3v) is 4.82. The minimum atomic E-state index is -0.478. The number of carbonyl (C=O) groups excluding carboxylic acids is 1. The van der Waals surface area contributed by atoms with E-state index < -0.39 is 4.92 Å². The number of fused-ring (bicyclic) bond motifs is 1. The number of benzene rings is 3. The molecule has 0 aliphatic rings. The van der Waals surface area contributed by atoms with Crippen LogP contribution in [0.2, 0.25) is 0 Å². The van der Waals surface area contributed by atoms with Gasteiger partial charge < -0.3 is 5.32 Å². The maximum atomic E-state index is 12.7. The Kier molecular flexibility index (Phi) is 4.78. The number of aryl methyl sites for hydroxylation is 1. The number of hydrogen-bond acceptors (Lipinski definition) is 4. The number of nitro benzene ring substituents is 1. The van der Waals surface area contributed by atoms with E-state index in [2.05, 4.69) is 28.6 Å². The van der Waals surface area contributed by atoms with E-state index in [1.807, 2.05) is 24.3 Å². The Labute approximate surface area is 166 Å². The molecule has 29 heavy (non-hydrogen) atoms. The first-order chi connectivity index (χ1) is 14.0. The predicted molar refractivity (Wildman–Crippen MR) is 111 cm³/mol. The van der Waals surface area contributed by atoms with Crippen LogP contribution in [0.25, 0.3) is 10.8 Å². The summed E-state index contributed by atoms with van der Waals surface area (Å²) in [4.78, 5) is 23.1. The van der Waals surface area contributed by atoms with Crippen molar-refractivity contribution in [3.63, 3.8) is 0 Å². The zero-order valence-corrected chi connectivity index (χ0v) is 15.7. The number of nitrogens with one attached hydrogen (secondary N) is 1. The number of aromatic nitrogens is 2. The lowest BCUT2D eigenvalue weighted by atomic mass is 10.0. The molecule has 0 saturated carbocycles. The van der Waals surface area contributed by atoms with Crippen LogP contribution in [-0.2, 0) is 6.54 Å². The molecule has 0 radical (unpaired) electrons. The first-order valence-electron chi connectivity index (χ1n) is 9.08. The lowest BCUT2D eigenvalue weighted by molar-refractivity contribution is -0.384. The van der Waals surface area contributed by atoms with Gasteiger partial charge in [-0.25, -0.2) is 4.68 Å². The van der Waals surface area contributed by atoms with Crippen molar-refractivity contribution < 1.29 is 9.72 Å². The van der Waals surface area contributed by atoms with Crippen LogP contribution in [0.1, 0.15) is 21.5 Å². The van der Waals surface area contributed by atoms with Crippen molar-refractivity contribution in [1.82, 2.24) is 9.78 Å². The number of hydrogen-bond donors (Lipinski definition) is 1. The van der Waals surface area contributed by atoms with Gasteiger partial charge in [-0.05, 0) is 34.9 Å². The van der Waals surface area contributed by atoms with E-state index in [1.54, 1.807) is 23.9 Å². The molecule has 0 fully saturated rings. The number of nitro groups is 1. The fraction of sp³-hybridized carbons (Fsp3) is 0.0909. The summed E-state index contributed by atoms with van der Waals surface area (Å²) in [5.41, 5.74) is 1.97. The Morgan fingerprint density at radius 3 is 2.69 bits per heavy atom. The minimum Gasteiger partial charge on any atom is -0.307 e. The highest BCUT2D eigenvalue weighted by Gasteiger charge is 2.15. The maximum absolute atomic E-state index is 12.7. The average Bonchev–Trinajstić information content (AvgIpc) is 3.14. The quantitative estimate of drug-likeness (QED) is 0.402. The van der Waals surface area contributed by atoms with Crippen LogP contribution in [0.5, 0.6) is 0 Å². The fourth-order valence-electron chi connectivity index (χ4n) is 3.36. The van der Waals surface area contributed by atoms with Crippen molar-refractivity contribution in [2.75, 3.05) is 5.32 Å². The van der Waals surface area contributed by atoms with Crippen molar-refractivity contribution in [1.29, 1.82) is 0 Å². The standard InChI is InChI=1S/C22H18N4O3/c1-15-13-18(26(28)29)9-10-19(15)22(27)24-21-11-12-23-25(21)14-17-7-4-6-16-5-2-3-8-20(16)17/h2-13H,14H2,1H3,(H,24,27). The fourth-order valence-corrected chi connectivity index (χ4v) is 3.36. The molecule has 0 aliphatic carbocycles. The van der Waals surface area contributed by atoms with Gasteiger partial charge in [0.2, 0.25) is 0 Å². The molecule has 4 rings (SSSR count). The average molecular weight is 386 g/mol. The van der Waals surface area contributed by atoms with Gasteiger partial charge in [0.05, 0.1) is 17.7 Å². The summed E-state index contributed by atoms with van der Waals surface area (Å²) in [6.07, 6.45) is 1.63. The SMILES string of the molecule is Cc1cc([N+](=O)[O-])ccc1C(=O)Nc1ccnn1Cc1cccc2ccccc12. The highest BCUT2D eigenvalue weighted by molar-refractivity contribution is 6.05. The molecule has 7 heteroatoms. The molecule has 1 aromatic heterocycles. The number of rotatable bonds is 5. The van der Waals surface area contributed by atoms with Crippen LogP contribution in [0.15, 0.2) is 72.9 Å². The molecule has 0 spiro atoms. The molecule has 7 nitrogen and oxygen atoms in total. The maximum Gasteiger partial charge on any atom is 0.269 e. The predicted octanol–water partition coefficient (Wildman–Crippen LogP) is 4.55. The van der Waals surface area contributed by atoms with E-state index in [9.17, 15) is 14.9 Å². The smallest absolute Gasteiger partial charge is 0.269 e. The lowest BCUT2D eigenvalue weighted by Gasteiger charge is -2.12. The number of nitrogens with zero attached hydrogens (tertiary/aromatic N) is 3. The Balaban J connectivity index is 1.58. The third kappa shape index (κ3) is 3.70. The molecule has 4 aromatic rings. The number of anilines is 1. The summed E-state index contributed by atoms with van der Waals surface area (Å²) < 4.78 is 1.72. The van der Waals surface area contributed by atoms with Gasteiger partial charge in [-0.15, -0.1) is 0 Å². The molecular formula is C22H18N4O3. The second kappa shape index (κ2) is 7.55. The second-order valence-corrected chi connectivity index (χ2v) is 6.72. The summed E-state index contributed by atoms with van der Waals surface area (Å²) in [5, 5.41) is 20.4. The number of amides is 1. The van der Waals surface area contributed by atoms with Crippen molar-refractivity contribution in [3.05, 3.63) is 99.7 Å². The van der Waals surface area contributed by atoms with Gasteiger partial charge in [0.15, 0.2) is 0 Å². The number of non-ortho nitro benzene ring substituents is 1. The zero-order valence-electron chi connectivity index (χ0n) is 15.7. The molecule has 1 N–H and O–H groups in total. The summed E-state index contributed by atoms with van der Waals surface area (Å²) in [6, 6.07) is 20.1. The molecule has 0 atom stereocenters. The minimum absolute atomic E-state index is 0.0416. The summed E-state index contributed by atoms with van der Waals surface area (Å²) in [5.74, 6) is 0.220. The zero-order chi connectivity index (χ0) is 20.4. The van der Waals surface area contributed by atoms with E-state index in [0.29, 0.717) is 23.5 Å². The lowest BCUT2D eigenvalue weighted by Crippen LogP contribution is -2.17. The molecule has 0 saturated heterocycles. The second-order valence-electron chi connectivity index (χ2n) is 6.72. The van der Waals surface area contributed by atoms with Crippen LogP contribution in [-0.4, -0.2) is 20.6 Å². The third-order valence-electron chi connectivity index (χ3n) is 4.82. The van der Waals surface area contributed by atoms with Gasteiger partial charge in [-0.3, -0.25) is 14.9 Å². The van der Waals surface area contributed by atoms with Crippen LogP contribution < -0.4 is 5.32 Å². The number of carbonyl (C=O) groups is 1. The van der Waals surface area contributed by atoms with Crippen LogP contribution in [0, 0.1) is 17.0 Å². The first-order valence-corrected chi connectivity index (χ1v) is 9.08. The van der Waals surface area contributed by atoms with Gasteiger partial charge in [-0.1, -0.05) is 42.5 Å². The van der Waals surface area contributed by atoms with E-state index >= 15 is 0 Å². The Hall–Kier alpha value is -4.00. The molecule has 0 aliphatic heterocycles. The first kappa shape index (κ1) is 18.4. The van der Waals surface area contributed by atoms with E-state index in [-0.39, 0.29) is 11.6 Å². The van der Waals surface area contributed by atoms with Crippen LogP contribution in [0.3, 0.4) is 0 Å². The Morgan fingerprint density at radius 1 is 1.10 bits per heavy atom. The van der Waals surface area contributed by atoms with Crippen LogP contribution >= 0.6 is 0 Å². The van der Waals surface area contributed by atoms with Gasteiger partial charge in [0.25, 0.3) is 11.6 Å². The normalized spacial score (nSPS) is 10.8. The topological polar surface area (TPSA) is 90.1 Å². The molecule has 144 valence electrons. The van der Waals surface area contributed by atoms with E-state index in [0.717, 1.165) is 16.3 Å². The van der Waals surface area contributed by atoms with Crippen molar-refractivity contribution in [2.24, 2.45) is 0 Å². The van der Waals surface area contributed by atoms with Crippen LogP contribution in [0.4, 0.5) is 11.5 Å². The highest BCUT2D eigenvalue weighted by Crippen LogP contribution is 2.22. The van der Waals surface area contributed by atoms with E-state index in [4.69, 9.17) is 0 Å². The Bertz CT molecular complexity index is 1220. The highest BCUT2D eigenvalue weighted by atomic mass is 16.6. The van der Waals surface area contributed by atoms with Crippen molar-refractivity contribution >= 4 is 28.2 Å². The van der Waals surface area contributed by atoms with Crippen molar-refractivity contribution in [3.8, 4) is 0 Å². The van der Waals surface area contributed by atoms with Gasteiger partial charge >= 0.3 is 0 Å². The molecule has 0 unspecified atom stereocenters. The summed E-state index contributed by atoms with van der Waals surface area (Å²) >= 11 is 0. The molecule has 0 bridgehead atoms. The Morgan fingerprint density at radius 2 is 1.90 bits per heavy atom. The summed E-state index contributed by atoms with van der Waals surface area (Å²) in [7, 11) is 0. The van der Waals surface area contributed by atoms with Gasteiger partial charge in [-0.2, -0.15) is 5.10 Å². The molecule has 3 aromatic carbocycles. The largest absolute Gasteiger partial charge is 0.307 e. The van der Waals surface area contributed by atoms with Gasteiger partial charge in [0, 0.05) is 23.8 Å². The molecule has 1 amide bonds. The van der Waals surface area contributed by atoms with Crippen molar-refractivity contribution in [2.45, 2.75) is 13.5 Å². The molecule has 1 heterocycles. The monoisotopic (exact) mass is 386 g/mol. The molecular weight excluding hydrogens is 368 g/mol. The van der Waals surface area contributed by atoms with E-state index in [1.165, 1.54) is 18.2 Å². The van der Waals surface area contributed by atoms with Gasteiger partial charge in [0.1, 0.15) is 5.82 Å².